The molecule has 0 spiro atoms. The highest BCUT2D eigenvalue weighted by molar-refractivity contribution is 9.10. The maximum absolute atomic E-state index is 8.58. The molecule has 10 aromatic carbocycles. The zero-order valence-electron chi connectivity index (χ0n) is 26.0. The Morgan fingerprint density at radius 3 is 1.29 bits per heavy atom. The first kappa shape index (κ1) is 32.3. The fourth-order valence-electron chi connectivity index (χ4n) is 6.93. The Kier molecular flexibility index (Phi) is 9.03. The summed E-state index contributed by atoms with van der Waals surface area (Å²) in [5.41, 5.74) is 3.12. The van der Waals surface area contributed by atoms with E-state index in [0.717, 1.165) is 0 Å². The van der Waals surface area contributed by atoms with Crippen LogP contribution in [0.25, 0.3) is 75.8 Å². The van der Waals surface area contributed by atoms with Crippen LogP contribution in [0.3, 0.4) is 0 Å². The van der Waals surface area contributed by atoms with Gasteiger partial charge in [-0.05, 0) is 87.3 Å². The van der Waals surface area contributed by atoms with Crippen molar-refractivity contribution in [2.24, 2.45) is 0 Å². The van der Waals surface area contributed by atoms with Crippen LogP contribution in [-0.2, 0) is 0 Å². The van der Waals surface area contributed by atoms with Gasteiger partial charge in [0.25, 0.3) is 0 Å². The lowest BCUT2D eigenvalue weighted by Crippen LogP contribution is -2.29. The lowest BCUT2D eigenvalue weighted by molar-refractivity contribution is 0.426. The Balaban J connectivity index is 0.000000125. The molecule has 0 radical (unpaired) electrons. The van der Waals surface area contributed by atoms with Crippen molar-refractivity contribution in [3.05, 3.63) is 174 Å². The summed E-state index contributed by atoms with van der Waals surface area (Å²) in [6, 6.07) is 58.9. The molecule has 0 aliphatic rings. The summed E-state index contributed by atoms with van der Waals surface area (Å²) < 4.78 is 1.17. The van der Waals surface area contributed by atoms with Crippen molar-refractivity contribution in [3.8, 4) is 11.1 Å². The molecule has 0 aromatic heterocycles. The van der Waals surface area contributed by atoms with Crippen molar-refractivity contribution in [1.29, 1.82) is 0 Å². The molecule has 10 aromatic rings. The Morgan fingerprint density at radius 2 is 0.776 bits per heavy atom. The van der Waals surface area contributed by atoms with Gasteiger partial charge in [0.2, 0.25) is 0 Å². The first-order valence-corrected chi connectivity index (χ1v) is 16.8. The molecule has 0 saturated heterocycles. The van der Waals surface area contributed by atoms with Crippen molar-refractivity contribution in [1.82, 2.24) is 0 Å². The number of rotatable bonds is 2. The van der Waals surface area contributed by atoms with Crippen molar-refractivity contribution in [3.63, 3.8) is 0 Å². The molecule has 2 N–H and O–H groups in total. The second kappa shape index (κ2) is 13.7. The highest BCUT2D eigenvalue weighted by atomic mass is 79.9. The van der Waals surface area contributed by atoms with Crippen molar-refractivity contribution < 1.29 is 10.0 Å². The van der Waals surface area contributed by atoms with Gasteiger partial charge in [0.05, 0.1) is 0 Å². The molecule has 2 nitrogen and oxygen atoms in total. The lowest BCUT2D eigenvalue weighted by Gasteiger charge is -2.14. The molecule has 0 saturated carbocycles. The van der Waals surface area contributed by atoms with E-state index in [0.29, 0.717) is 5.46 Å². The smallest absolute Gasteiger partial charge is 0.423 e. The van der Waals surface area contributed by atoms with Crippen LogP contribution >= 0.6 is 15.9 Å². The molecule has 0 aliphatic carbocycles. The SMILES string of the molecule is Brc1ccc2ccc3cccc4ccc1c2c34.C.OB(O)c1ccccc1.c1ccc(-c2ccc3ccc4cccc5ccc2c3c45)cc1. The quantitative estimate of drug-likeness (QED) is 0.139. The van der Waals surface area contributed by atoms with Gasteiger partial charge < -0.3 is 10.0 Å². The molecule has 0 aliphatic heterocycles. The van der Waals surface area contributed by atoms with Crippen LogP contribution in [0.4, 0.5) is 0 Å². The Morgan fingerprint density at radius 1 is 0.367 bits per heavy atom. The maximum Gasteiger partial charge on any atom is 0.488 e. The highest BCUT2D eigenvalue weighted by Gasteiger charge is 2.12. The Hall–Kier alpha value is -5.26. The van der Waals surface area contributed by atoms with Crippen LogP contribution in [-0.4, -0.2) is 17.2 Å². The van der Waals surface area contributed by atoms with E-state index in [1.54, 1.807) is 24.3 Å². The fourth-order valence-corrected chi connectivity index (χ4v) is 7.39. The number of hydrogen-bond acceptors (Lipinski definition) is 2. The molecule has 0 bridgehead atoms. The van der Waals surface area contributed by atoms with Gasteiger partial charge in [0.1, 0.15) is 0 Å². The van der Waals surface area contributed by atoms with Crippen LogP contribution in [0.5, 0.6) is 0 Å². The predicted molar refractivity (Wildman–Crippen MR) is 216 cm³/mol. The summed E-state index contributed by atoms with van der Waals surface area (Å²) in [6.45, 7) is 0. The molecule has 49 heavy (non-hydrogen) atoms. The van der Waals surface area contributed by atoms with Gasteiger partial charge in [0.15, 0.2) is 0 Å². The maximum atomic E-state index is 8.58. The van der Waals surface area contributed by atoms with Crippen LogP contribution in [0.2, 0.25) is 0 Å². The largest absolute Gasteiger partial charge is 0.488 e. The van der Waals surface area contributed by atoms with E-state index < -0.39 is 7.12 Å². The first-order valence-electron chi connectivity index (χ1n) is 16.0. The molecular weight excluding hydrogens is 663 g/mol. The predicted octanol–water partition coefficient (Wildman–Crippen LogP) is 11.6. The molecule has 10 rings (SSSR count). The van der Waals surface area contributed by atoms with Crippen molar-refractivity contribution in [2.45, 2.75) is 7.43 Å². The summed E-state index contributed by atoms with van der Waals surface area (Å²) >= 11 is 3.64. The summed E-state index contributed by atoms with van der Waals surface area (Å²) in [5.74, 6) is 0. The molecule has 0 unspecified atom stereocenters. The average Bonchev–Trinajstić information content (AvgIpc) is 3.15. The molecular formula is C45H34BBrO2. The summed E-state index contributed by atoms with van der Waals surface area (Å²) in [4.78, 5) is 0. The third-order valence-electron chi connectivity index (χ3n) is 9.19. The first-order chi connectivity index (χ1) is 23.6. The fraction of sp³-hybridized carbons (Fsp3) is 0.0222. The van der Waals surface area contributed by atoms with Gasteiger partial charge in [-0.25, -0.2) is 0 Å². The van der Waals surface area contributed by atoms with Gasteiger partial charge in [-0.1, -0.05) is 187 Å². The normalized spacial score (nSPS) is 11.0. The van der Waals surface area contributed by atoms with Crippen LogP contribution in [0, 0.1) is 0 Å². The molecule has 4 heteroatoms. The van der Waals surface area contributed by atoms with Crippen LogP contribution in [0.15, 0.2) is 174 Å². The van der Waals surface area contributed by atoms with E-state index in [9.17, 15) is 0 Å². The average molecular weight is 697 g/mol. The Bertz CT molecular complexity index is 2620. The summed E-state index contributed by atoms with van der Waals surface area (Å²) in [5, 5.41) is 33.2. The molecule has 0 heterocycles. The monoisotopic (exact) mass is 696 g/mol. The van der Waals surface area contributed by atoms with E-state index >= 15 is 0 Å². The zero-order valence-corrected chi connectivity index (χ0v) is 27.6. The Labute approximate surface area is 294 Å². The van der Waals surface area contributed by atoms with Gasteiger partial charge in [0, 0.05) is 4.47 Å². The standard InChI is InChI=1S/C22H14.C16H9Br.C6H7BO2.CH4/c1-2-5-15(6-3-1)19-13-11-18-10-9-16-7-4-8-17-12-14-20(19)22(18)21(16)17;17-14-9-7-12-5-4-10-2-1-3-11-6-8-13(14)16(12)15(10)11;8-7(9)6-4-2-1-3-5-6;/h1-14H;1-9H;1-5,8-9H;1H4. The molecule has 236 valence electrons. The van der Waals surface area contributed by atoms with E-state index in [1.165, 1.54) is 80.2 Å². The minimum absolute atomic E-state index is 0. The van der Waals surface area contributed by atoms with E-state index in [2.05, 4.69) is 155 Å². The van der Waals surface area contributed by atoms with Crippen LogP contribution in [0.1, 0.15) is 7.43 Å². The third kappa shape index (κ3) is 6.00. The van der Waals surface area contributed by atoms with Gasteiger partial charge in [-0.15, -0.1) is 0 Å². The zero-order chi connectivity index (χ0) is 32.6. The molecule has 0 atom stereocenters. The van der Waals surface area contributed by atoms with E-state index in [4.69, 9.17) is 10.0 Å². The summed E-state index contributed by atoms with van der Waals surface area (Å²) in [6.07, 6.45) is 0. The highest BCUT2D eigenvalue weighted by Crippen LogP contribution is 2.39. The topological polar surface area (TPSA) is 40.5 Å². The summed E-state index contributed by atoms with van der Waals surface area (Å²) in [7, 11) is -1.34. The van der Waals surface area contributed by atoms with Gasteiger partial charge in [-0.2, -0.15) is 0 Å². The number of halogens is 1. The second-order valence-corrected chi connectivity index (χ2v) is 12.9. The minimum Gasteiger partial charge on any atom is -0.423 e. The van der Waals surface area contributed by atoms with Crippen molar-refractivity contribution in [2.75, 3.05) is 0 Å². The van der Waals surface area contributed by atoms with E-state index in [1.807, 2.05) is 6.07 Å². The third-order valence-corrected chi connectivity index (χ3v) is 9.88. The van der Waals surface area contributed by atoms with E-state index in [-0.39, 0.29) is 7.43 Å². The van der Waals surface area contributed by atoms with Crippen molar-refractivity contribution >= 4 is 93.1 Å². The number of hydrogen-bond donors (Lipinski definition) is 2. The second-order valence-electron chi connectivity index (χ2n) is 12.0. The molecule has 0 amide bonds. The van der Waals surface area contributed by atoms with Crippen LogP contribution < -0.4 is 5.46 Å². The van der Waals surface area contributed by atoms with Gasteiger partial charge >= 0.3 is 7.12 Å². The minimum atomic E-state index is -1.34. The van der Waals surface area contributed by atoms with Gasteiger partial charge in [-0.3, -0.25) is 0 Å². The lowest BCUT2D eigenvalue weighted by atomic mass is 9.81. The number of benzene rings is 10. The molecule has 0 fully saturated rings.